The van der Waals surface area contributed by atoms with Gasteiger partial charge in [0.25, 0.3) is 6.26 Å². The Hall–Kier alpha value is -1.49. The topological polar surface area (TPSA) is 33.0 Å². The van der Waals surface area contributed by atoms with Crippen molar-refractivity contribution in [1.29, 1.82) is 5.26 Å². The molecular formula is C12H19NO. The van der Waals surface area contributed by atoms with Crippen molar-refractivity contribution in [3.63, 3.8) is 0 Å². The smallest absolute Gasteiger partial charge is 0.287 e. The molecule has 2 nitrogen and oxygen atoms in total. The number of rotatable bonds is 4. The molecule has 0 aliphatic heterocycles. The van der Waals surface area contributed by atoms with Crippen LogP contribution in [0.2, 0.25) is 0 Å². The molecule has 78 valence electrons. The minimum Gasteiger partial charge on any atom is -0.413 e. The zero-order valence-electron chi connectivity index (χ0n) is 9.45. The Kier molecular flexibility index (Phi) is 10.3. The lowest BCUT2D eigenvalue weighted by molar-refractivity contribution is 0.150. The quantitative estimate of drug-likeness (QED) is 0.388. The Morgan fingerprint density at radius 1 is 1.36 bits per heavy atom. The van der Waals surface area contributed by atoms with Crippen molar-refractivity contribution in [1.82, 2.24) is 0 Å². The van der Waals surface area contributed by atoms with E-state index in [1.54, 1.807) is 37.5 Å². The van der Waals surface area contributed by atoms with E-state index in [4.69, 9.17) is 10.00 Å². The highest BCUT2D eigenvalue weighted by molar-refractivity contribution is 5.16. The van der Waals surface area contributed by atoms with Crippen molar-refractivity contribution < 1.29 is 4.74 Å². The summed E-state index contributed by atoms with van der Waals surface area (Å²) >= 11 is 0. The summed E-state index contributed by atoms with van der Waals surface area (Å²) in [5.74, 6) is 0. The van der Waals surface area contributed by atoms with Crippen molar-refractivity contribution in [3.05, 3.63) is 37.0 Å². The second kappa shape index (κ2) is 9.60. The zero-order chi connectivity index (χ0) is 11.4. The number of nitrogens with zero attached hydrogens (tertiary/aromatic N) is 1. The Bertz CT molecular complexity index is 235. The SMILES string of the molecule is C=C/C=C\C(C)(/C=C\C)OC#N.CC. The summed E-state index contributed by atoms with van der Waals surface area (Å²) < 4.78 is 4.86. The third-order valence-electron chi connectivity index (χ3n) is 1.33. The average molecular weight is 193 g/mol. The molecule has 0 spiro atoms. The lowest BCUT2D eigenvalue weighted by Crippen LogP contribution is -2.20. The third-order valence-corrected chi connectivity index (χ3v) is 1.33. The van der Waals surface area contributed by atoms with Gasteiger partial charge in [-0.25, -0.2) is 0 Å². The van der Waals surface area contributed by atoms with Gasteiger partial charge in [0.1, 0.15) is 0 Å². The zero-order valence-corrected chi connectivity index (χ0v) is 9.45. The second-order valence-corrected chi connectivity index (χ2v) is 2.47. The number of ether oxygens (including phenoxy) is 1. The molecule has 0 saturated carbocycles. The summed E-state index contributed by atoms with van der Waals surface area (Å²) in [6.07, 6.45) is 10.5. The van der Waals surface area contributed by atoms with E-state index >= 15 is 0 Å². The first kappa shape index (κ1) is 15.0. The van der Waals surface area contributed by atoms with Crippen LogP contribution in [-0.2, 0) is 4.74 Å². The lowest BCUT2D eigenvalue weighted by atomic mass is 10.1. The van der Waals surface area contributed by atoms with Gasteiger partial charge >= 0.3 is 0 Å². The molecule has 0 saturated heterocycles. The number of nitriles is 1. The van der Waals surface area contributed by atoms with Crippen molar-refractivity contribution in [2.45, 2.75) is 33.3 Å². The molecule has 2 heteroatoms. The molecule has 0 aromatic carbocycles. The van der Waals surface area contributed by atoms with E-state index in [2.05, 4.69) is 6.58 Å². The van der Waals surface area contributed by atoms with E-state index in [9.17, 15) is 0 Å². The maximum Gasteiger partial charge on any atom is 0.287 e. The first-order valence-corrected chi connectivity index (χ1v) is 4.69. The average Bonchev–Trinajstić information content (AvgIpc) is 2.19. The fourth-order valence-electron chi connectivity index (χ4n) is 0.812. The molecule has 0 aliphatic carbocycles. The molecule has 0 aromatic rings. The molecule has 0 fully saturated rings. The van der Waals surface area contributed by atoms with Crippen LogP contribution in [-0.4, -0.2) is 5.60 Å². The van der Waals surface area contributed by atoms with Gasteiger partial charge in [0.05, 0.1) is 0 Å². The molecule has 0 radical (unpaired) electrons. The van der Waals surface area contributed by atoms with Crippen molar-refractivity contribution in [3.8, 4) is 6.26 Å². The van der Waals surface area contributed by atoms with Gasteiger partial charge in [0.15, 0.2) is 5.60 Å². The predicted octanol–water partition coefficient (Wildman–Crippen LogP) is 3.59. The van der Waals surface area contributed by atoms with Crippen LogP contribution in [0.4, 0.5) is 0 Å². The van der Waals surface area contributed by atoms with Gasteiger partial charge in [0.2, 0.25) is 0 Å². The highest BCUT2D eigenvalue weighted by atomic mass is 16.5. The Morgan fingerprint density at radius 3 is 2.29 bits per heavy atom. The van der Waals surface area contributed by atoms with Crippen LogP contribution in [0.1, 0.15) is 27.7 Å². The molecule has 0 aliphatic rings. The summed E-state index contributed by atoms with van der Waals surface area (Å²) in [6.45, 7) is 11.2. The molecule has 1 atom stereocenters. The summed E-state index contributed by atoms with van der Waals surface area (Å²) in [6, 6.07) is 0. The first-order valence-electron chi connectivity index (χ1n) is 4.69. The van der Waals surface area contributed by atoms with Gasteiger partial charge in [-0.2, -0.15) is 5.26 Å². The van der Waals surface area contributed by atoms with Gasteiger partial charge in [-0.1, -0.05) is 38.7 Å². The Balaban J connectivity index is 0. The van der Waals surface area contributed by atoms with Crippen LogP contribution in [0.25, 0.3) is 0 Å². The van der Waals surface area contributed by atoms with E-state index in [0.717, 1.165) is 0 Å². The Labute approximate surface area is 87.2 Å². The molecule has 1 unspecified atom stereocenters. The molecule has 0 N–H and O–H groups in total. The third kappa shape index (κ3) is 7.17. The normalized spacial score (nSPS) is 13.9. The summed E-state index contributed by atoms with van der Waals surface area (Å²) in [7, 11) is 0. The maximum atomic E-state index is 8.36. The molecule has 0 amide bonds. The summed E-state index contributed by atoms with van der Waals surface area (Å²) in [4.78, 5) is 0. The van der Waals surface area contributed by atoms with Crippen LogP contribution in [0.3, 0.4) is 0 Å². The van der Waals surface area contributed by atoms with Gasteiger partial charge in [-0.15, -0.1) is 0 Å². The maximum absolute atomic E-state index is 8.36. The molecular weight excluding hydrogens is 174 g/mol. The lowest BCUT2D eigenvalue weighted by Gasteiger charge is -2.17. The van der Waals surface area contributed by atoms with E-state index in [1.165, 1.54) is 0 Å². The molecule has 14 heavy (non-hydrogen) atoms. The first-order chi connectivity index (χ1) is 6.68. The van der Waals surface area contributed by atoms with Crippen LogP contribution in [0.5, 0.6) is 0 Å². The van der Waals surface area contributed by atoms with Crippen molar-refractivity contribution >= 4 is 0 Å². The highest BCUT2D eigenvalue weighted by Crippen LogP contribution is 2.13. The van der Waals surface area contributed by atoms with Crippen LogP contribution in [0, 0.1) is 11.5 Å². The molecule has 0 rings (SSSR count). The number of hydrogen-bond donors (Lipinski definition) is 0. The van der Waals surface area contributed by atoms with Crippen LogP contribution < -0.4 is 0 Å². The monoisotopic (exact) mass is 193 g/mol. The van der Waals surface area contributed by atoms with E-state index in [-0.39, 0.29) is 0 Å². The van der Waals surface area contributed by atoms with E-state index < -0.39 is 5.60 Å². The predicted molar refractivity (Wildman–Crippen MR) is 60.6 cm³/mol. The van der Waals surface area contributed by atoms with Crippen LogP contribution in [0.15, 0.2) is 37.0 Å². The van der Waals surface area contributed by atoms with E-state index in [0.29, 0.717) is 0 Å². The van der Waals surface area contributed by atoms with Gasteiger partial charge in [-0.05, 0) is 26.0 Å². The summed E-state index contributed by atoms with van der Waals surface area (Å²) in [5, 5.41) is 8.36. The van der Waals surface area contributed by atoms with Crippen LogP contribution >= 0.6 is 0 Å². The standard InChI is InChI=1S/C10H13NO.C2H6/c1-4-6-8-10(3,7-5-2)12-9-11;1-2/h4-8H,1H2,2-3H3;1-2H3/b7-5-,8-6-;. The number of allylic oxidation sites excluding steroid dienone is 3. The Morgan fingerprint density at radius 2 is 1.93 bits per heavy atom. The van der Waals surface area contributed by atoms with Gasteiger partial charge in [0, 0.05) is 0 Å². The summed E-state index contributed by atoms with van der Waals surface area (Å²) in [5.41, 5.74) is -0.641. The number of hydrogen-bond acceptors (Lipinski definition) is 2. The van der Waals surface area contributed by atoms with Gasteiger partial charge in [-0.3, -0.25) is 0 Å². The van der Waals surface area contributed by atoms with Gasteiger partial charge < -0.3 is 4.74 Å². The molecule has 0 heterocycles. The largest absolute Gasteiger partial charge is 0.413 e. The fourth-order valence-corrected chi connectivity index (χ4v) is 0.812. The molecule has 0 bridgehead atoms. The highest BCUT2D eigenvalue weighted by Gasteiger charge is 2.17. The minimum absolute atomic E-state index is 0.641. The fraction of sp³-hybridized carbons (Fsp3) is 0.417. The second-order valence-electron chi connectivity index (χ2n) is 2.47. The van der Waals surface area contributed by atoms with E-state index in [1.807, 2.05) is 26.8 Å². The molecule has 0 aromatic heterocycles. The van der Waals surface area contributed by atoms with Crippen molar-refractivity contribution in [2.75, 3.05) is 0 Å². The van der Waals surface area contributed by atoms with Crippen molar-refractivity contribution in [2.24, 2.45) is 0 Å². The minimum atomic E-state index is -0.641.